The van der Waals surface area contributed by atoms with Crippen molar-refractivity contribution in [3.8, 4) is 0 Å². The van der Waals surface area contributed by atoms with Crippen molar-refractivity contribution in [1.82, 2.24) is 5.32 Å². The molecule has 0 saturated carbocycles. The minimum Gasteiger partial charge on any atom is -0.356 e. The Morgan fingerprint density at radius 3 is 2.68 bits per heavy atom. The normalized spacial score (nSPS) is 9.84. The lowest BCUT2D eigenvalue weighted by Gasteiger charge is -2.06. The van der Waals surface area contributed by atoms with E-state index in [9.17, 15) is 4.79 Å². The fourth-order valence-electron chi connectivity index (χ4n) is 1.48. The van der Waals surface area contributed by atoms with Gasteiger partial charge >= 0.3 is 0 Å². The van der Waals surface area contributed by atoms with Gasteiger partial charge in [-0.05, 0) is 50.1 Å². The Balaban J connectivity index is 0.00000324. The van der Waals surface area contributed by atoms with Crippen molar-refractivity contribution in [2.24, 2.45) is 5.73 Å². The first-order valence-corrected chi connectivity index (χ1v) is 7.29. The second kappa shape index (κ2) is 10.1. The second-order valence-corrected chi connectivity index (χ2v) is 5.51. The van der Waals surface area contributed by atoms with E-state index in [2.05, 4.69) is 37.4 Å². The Kier molecular flexibility index (Phi) is 9.74. The third-order valence-electron chi connectivity index (χ3n) is 2.78. The minimum absolute atomic E-state index is 0. The number of nitrogens with one attached hydrogen (secondary N) is 1. The summed E-state index contributed by atoms with van der Waals surface area (Å²) in [6.07, 6.45) is 1.40. The van der Waals surface area contributed by atoms with Gasteiger partial charge in [-0.3, -0.25) is 4.79 Å². The number of hydrogen-bond donors (Lipinski definition) is 2. The van der Waals surface area contributed by atoms with E-state index >= 15 is 0 Å². The molecule has 19 heavy (non-hydrogen) atoms. The second-order valence-electron chi connectivity index (χ2n) is 4.34. The third-order valence-corrected chi connectivity index (χ3v) is 3.77. The molecule has 0 spiro atoms. The van der Waals surface area contributed by atoms with Crippen LogP contribution in [0.25, 0.3) is 0 Å². The lowest BCUT2D eigenvalue weighted by molar-refractivity contribution is -0.120. The summed E-state index contributed by atoms with van der Waals surface area (Å²) in [5, 5.41) is 2.86. The molecule has 0 aliphatic heterocycles. The zero-order valence-electron chi connectivity index (χ0n) is 11.6. The van der Waals surface area contributed by atoms with Crippen LogP contribution in [0, 0.1) is 13.8 Å². The third kappa shape index (κ3) is 7.45. The van der Waals surface area contributed by atoms with E-state index in [1.807, 2.05) is 0 Å². The predicted molar refractivity (Wildman–Crippen MR) is 85.2 cm³/mol. The van der Waals surface area contributed by atoms with Gasteiger partial charge in [0.1, 0.15) is 0 Å². The molecule has 0 heterocycles. The first-order valence-electron chi connectivity index (χ1n) is 6.30. The van der Waals surface area contributed by atoms with Crippen LogP contribution in [-0.2, 0) is 4.79 Å². The molecule has 0 radical (unpaired) electrons. The molecule has 0 unspecified atom stereocenters. The average Bonchev–Trinajstić information content (AvgIpc) is 2.34. The standard InChI is InChI=1S/C14H22N2OS.ClH/c1-11-4-5-13(10-12(11)2)18-9-6-14(17)16-8-3-7-15;/h4-5,10H,3,6-9,15H2,1-2H3,(H,16,17);1H. The van der Waals surface area contributed by atoms with Gasteiger partial charge in [-0.25, -0.2) is 0 Å². The number of benzene rings is 1. The highest BCUT2D eigenvalue weighted by molar-refractivity contribution is 7.99. The summed E-state index contributed by atoms with van der Waals surface area (Å²) in [6, 6.07) is 6.41. The Bertz CT molecular complexity index is 399. The van der Waals surface area contributed by atoms with Gasteiger partial charge in [-0.15, -0.1) is 24.2 Å². The van der Waals surface area contributed by atoms with Crippen LogP contribution in [0.3, 0.4) is 0 Å². The molecule has 1 aromatic carbocycles. The molecule has 1 aromatic rings. The summed E-state index contributed by atoms with van der Waals surface area (Å²) >= 11 is 1.73. The monoisotopic (exact) mass is 302 g/mol. The van der Waals surface area contributed by atoms with Gasteiger partial charge in [0, 0.05) is 23.6 Å². The van der Waals surface area contributed by atoms with Gasteiger partial charge in [-0.2, -0.15) is 0 Å². The van der Waals surface area contributed by atoms with Crippen molar-refractivity contribution in [3.05, 3.63) is 29.3 Å². The number of halogens is 1. The van der Waals surface area contributed by atoms with Crippen LogP contribution in [-0.4, -0.2) is 24.7 Å². The number of thioether (sulfide) groups is 1. The number of rotatable bonds is 7. The van der Waals surface area contributed by atoms with Crippen LogP contribution in [0.2, 0.25) is 0 Å². The van der Waals surface area contributed by atoms with Crippen LogP contribution in [0.1, 0.15) is 24.0 Å². The van der Waals surface area contributed by atoms with Crippen molar-refractivity contribution in [2.45, 2.75) is 31.6 Å². The number of nitrogens with two attached hydrogens (primary N) is 1. The van der Waals surface area contributed by atoms with E-state index < -0.39 is 0 Å². The first kappa shape index (κ1) is 18.3. The van der Waals surface area contributed by atoms with Crippen molar-refractivity contribution >= 4 is 30.1 Å². The van der Waals surface area contributed by atoms with Crippen LogP contribution >= 0.6 is 24.2 Å². The molecule has 3 nitrogen and oxygen atoms in total. The van der Waals surface area contributed by atoms with E-state index in [1.54, 1.807) is 11.8 Å². The number of amides is 1. The highest BCUT2D eigenvalue weighted by Gasteiger charge is 2.02. The summed E-state index contributed by atoms with van der Waals surface area (Å²) in [6.45, 7) is 5.52. The van der Waals surface area contributed by atoms with E-state index in [0.717, 1.165) is 12.2 Å². The fourth-order valence-corrected chi connectivity index (χ4v) is 2.43. The number of carbonyl (C=O) groups excluding carboxylic acids is 1. The molecule has 0 fully saturated rings. The van der Waals surface area contributed by atoms with Crippen molar-refractivity contribution < 1.29 is 4.79 Å². The summed E-state index contributed by atoms with van der Waals surface area (Å²) < 4.78 is 0. The zero-order valence-corrected chi connectivity index (χ0v) is 13.2. The van der Waals surface area contributed by atoms with Gasteiger partial charge in [-0.1, -0.05) is 6.07 Å². The summed E-state index contributed by atoms with van der Waals surface area (Å²) in [4.78, 5) is 12.7. The van der Waals surface area contributed by atoms with Crippen molar-refractivity contribution in [3.63, 3.8) is 0 Å². The largest absolute Gasteiger partial charge is 0.356 e. The van der Waals surface area contributed by atoms with Crippen LogP contribution in [0.15, 0.2) is 23.1 Å². The average molecular weight is 303 g/mol. The van der Waals surface area contributed by atoms with Gasteiger partial charge in [0.15, 0.2) is 0 Å². The van der Waals surface area contributed by atoms with Crippen molar-refractivity contribution in [2.75, 3.05) is 18.8 Å². The molecule has 3 N–H and O–H groups in total. The molecule has 0 atom stereocenters. The molecule has 0 aromatic heterocycles. The molecular formula is C14H23ClN2OS. The van der Waals surface area contributed by atoms with Crippen LogP contribution < -0.4 is 11.1 Å². The van der Waals surface area contributed by atoms with Crippen LogP contribution in [0.5, 0.6) is 0 Å². The smallest absolute Gasteiger partial charge is 0.220 e. The maximum Gasteiger partial charge on any atom is 0.220 e. The highest BCUT2D eigenvalue weighted by Crippen LogP contribution is 2.21. The zero-order chi connectivity index (χ0) is 13.4. The Morgan fingerprint density at radius 1 is 1.32 bits per heavy atom. The molecule has 0 bridgehead atoms. The van der Waals surface area contributed by atoms with E-state index in [0.29, 0.717) is 19.5 Å². The van der Waals surface area contributed by atoms with Crippen molar-refractivity contribution in [1.29, 1.82) is 0 Å². The molecular weight excluding hydrogens is 280 g/mol. The van der Waals surface area contributed by atoms with Crippen LogP contribution in [0.4, 0.5) is 0 Å². The highest BCUT2D eigenvalue weighted by atomic mass is 35.5. The Morgan fingerprint density at radius 2 is 2.05 bits per heavy atom. The molecule has 0 aliphatic rings. The lowest BCUT2D eigenvalue weighted by atomic mass is 10.1. The van der Waals surface area contributed by atoms with Gasteiger partial charge in [0.2, 0.25) is 5.91 Å². The predicted octanol–water partition coefficient (Wildman–Crippen LogP) is 2.67. The van der Waals surface area contributed by atoms with E-state index in [4.69, 9.17) is 5.73 Å². The summed E-state index contributed by atoms with van der Waals surface area (Å²) in [7, 11) is 0. The SMILES string of the molecule is Cc1ccc(SCCC(=O)NCCCN)cc1C.Cl. The Labute approximate surface area is 126 Å². The number of hydrogen-bond acceptors (Lipinski definition) is 3. The molecule has 0 saturated heterocycles. The molecule has 1 rings (SSSR count). The molecule has 0 aliphatic carbocycles. The Hall–Kier alpha value is -0.710. The summed E-state index contributed by atoms with van der Waals surface area (Å²) in [5.41, 5.74) is 7.96. The van der Waals surface area contributed by atoms with Gasteiger partial charge in [0.25, 0.3) is 0 Å². The topological polar surface area (TPSA) is 55.1 Å². The molecule has 108 valence electrons. The number of carbonyl (C=O) groups is 1. The van der Waals surface area contributed by atoms with E-state index in [1.165, 1.54) is 16.0 Å². The van der Waals surface area contributed by atoms with Gasteiger partial charge < -0.3 is 11.1 Å². The lowest BCUT2D eigenvalue weighted by Crippen LogP contribution is -2.26. The van der Waals surface area contributed by atoms with Gasteiger partial charge in [0.05, 0.1) is 0 Å². The van der Waals surface area contributed by atoms with E-state index in [-0.39, 0.29) is 18.3 Å². The minimum atomic E-state index is 0. The quantitative estimate of drug-likeness (QED) is 0.601. The maximum atomic E-state index is 11.5. The maximum absolute atomic E-state index is 11.5. The first-order chi connectivity index (χ1) is 8.63. The fraction of sp³-hybridized carbons (Fsp3) is 0.500. The number of aryl methyl sites for hydroxylation is 2. The summed E-state index contributed by atoms with van der Waals surface area (Å²) in [5.74, 6) is 0.927. The molecule has 1 amide bonds. The molecule has 5 heteroatoms.